The van der Waals surface area contributed by atoms with E-state index < -0.39 is 0 Å². The van der Waals surface area contributed by atoms with Gasteiger partial charge in [-0.2, -0.15) is 0 Å². The van der Waals surface area contributed by atoms with Crippen LogP contribution in [0.2, 0.25) is 0 Å². The molecular weight excluding hydrogens is 168 g/mol. The van der Waals surface area contributed by atoms with Gasteiger partial charge >= 0.3 is 0 Å². The van der Waals surface area contributed by atoms with Crippen molar-refractivity contribution in [1.29, 1.82) is 0 Å². The first kappa shape index (κ1) is 14.0. The molecule has 0 aliphatic heterocycles. The SMILES string of the molecule is CCCCC[CH]C(C)CCCCCC. The maximum atomic E-state index is 2.53. The summed E-state index contributed by atoms with van der Waals surface area (Å²) >= 11 is 0. The summed E-state index contributed by atoms with van der Waals surface area (Å²) in [6.07, 6.45) is 15.1. The summed E-state index contributed by atoms with van der Waals surface area (Å²) < 4.78 is 0. The molecule has 0 aromatic rings. The quantitative estimate of drug-likeness (QED) is 0.413. The van der Waals surface area contributed by atoms with Crippen LogP contribution in [0.5, 0.6) is 0 Å². The second kappa shape index (κ2) is 11.1. The fourth-order valence-corrected chi connectivity index (χ4v) is 1.81. The lowest BCUT2D eigenvalue weighted by Crippen LogP contribution is -1.95. The van der Waals surface area contributed by atoms with Gasteiger partial charge in [-0.3, -0.25) is 0 Å². The minimum absolute atomic E-state index is 0.851. The molecule has 0 aromatic carbocycles. The van der Waals surface area contributed by atoms with Crippen molar-refractivity contribution in [3.63, 3.8) is 0 Å². The van der Waals surface area contributed by atoms with Crippen LogP contribution in [-0.2, 0) is 0 Å². The first-order chi connectivity index (χ1) is 6.81. The molecule has 0 saturated heterocycles. The van der Waals surface area contributed by atoms with Crippen LogP contribution in [0.3, 0.4) is 0 Å². The maximum absolute atomic E-state index is 2.53. The lowest BCUT2D eigenvalue weighted by molar-refractivity contribution is 0.516. The molecule has 0 rings (SSSR count). The molecule has 0 aliphatic rings. The molecule has 0 heterocycles. The van der Waals surface area contributed by atoms with E-state index in [4.69, 9.17) is 0 Å². The van der Waals surface area contributed by atoms with Gasteiger partial charge < -0.3 is 0 Å². The minimum Gasteiger partial charge on any atom is -0.0654 e. The van der Waals surface area contributed by atoms with Crippen LogP contribution < -0.4 is 0 Å². The van der Waals surface area contributed by atoms with Crippen LogP contribution in [0, 0.1) is 12.3 Å². The Kier molecular flexibility index (Phi) is 11.1. The second-order valence-electron chi connectivity index (χ2n) is 4.56. The molecular formula is C14H29. The molecule has 1 unspecified atom stereocenters. The van der Waals surface area contributed by atoms with Gasteiger partial charge in [0, 0.05) is 0 Å². The zero-order valence-electron chi connectivity index (χ0n) is 10.5. The fourth-order valence-electron chi connectivity index (χ4n) is 1.81. The summed E-state index contributed by atoms with van der Waals surface area (Å²) in [5.74, 6) is 0.851. The van der Waals surface area contributed by atoms with E-state index >= 15 is 0 Å². The lowest BCUT2D eigenvalue weighted by atomic mass is 9.96. The van der Waals surface area contributed by atoms with Crippen LogP contribution >= 0.6 is 0 Å². The topological polar surface area (TPSA) is 0 Å². The molecule has 0 fully saturated rings. The Labute approximate surface area is 91.5 Å². The molecule has 1 atom stereocenters. The van der Waals surface area contributed by atoms with Crippen molar-refractivity contribution in [2.75, 3.05) is 0 Å². The van der Waals surface area contributed by atoms with E-state index in [1.165, 1.54) is 57.8 Å². The molecule has 0 heteroatoms. The highest BCUT2D eigenvalue weighted by Crippen LogP contribution is 2.16. The van der Waals surface area contributed by atoms with E-state index in [0.29, 0.717) is 0 Å². The van der Waals surface area contributed by atoms with Crippen molar-refractivity contribution in [3.05, 3.63) is 6.42 Å². The molecule has 0 spiro atoms. The van der Waals surface area contributed by atoms with Gasteiger partial charge in [0.05, 0.1) is 0 Å². The normalized spacial score (nSPS) is 11.1. The summed E-state index contributed by atoms with van der Waals surface area (Å²) in [5, 5.41) is 0. The van der Waals surface area contributed by atoms with Gasteiger partial charge in [0.1, 0.15) is 0 Å². The van der Waals surface area contributed by atoms with Crippen LogP contribution in [0.15, 0.2) is 0 Å². The second-order valence-corrected chi connectivity index (χ2v) is 4.56. The van der Waals surface area contributed by atoms with Gasteiger partial charge in [-0.05, 0) is 18.8 Å². The Morgan fingerprint density at radius 1 is 0.857 bits per heavy atom. The molecule has 0 saturated carbocycles. The van der Waals surface area contributed by atoms with Gasteiger partial charge in [-0.25, -0.2) is 0 Å². The average molecular weight is 197 g/mol. The fraction of sp³-hybridized carbons (Fsp3) is 0.929. The molecule has 0 nitrogen and oxygen atoms in total. The molecule has 1 radical (unpaired) electrons. The van der Waals surface area contributed by atoms with Crippen molar-refractivity contribution in [3.8, 4) is 0 Å². The smallest absolute Gasteiger partial charge is 0.0358 e. The maximum Gasteiger partial charge on any atom is -0.0358 e. The molecule has 0 aromatic heterocycles. The van der Waals surface area contributed by atoms with E-state index in [2.05, 4.69) is 27.2 Å². The zero-order valence-corrected chi connectivity index (χ0v) is 10.5. The summed E-state index contributed by atoms with van der Waals surface area (Å²) in [4.78, 5) is 0. The Bertz CT molecular complexity index is 84.2. The van der Waals surface area contributed by atoms with Gasteiger partial charge in [-0.15, -0.1) is 0 Å². The van der Waals surface area contributed by atoms with E-state index in [9.17, 15) is 0 Å². The van der Waals surface area contributed by atoms with E-state index in [-0.39, 0.29) is 0 Å². The summed E-state index contributed by atoms with van der Waals surface area (Å²) in [7, 11) is 0. The highest BCUT2D eigenvalue weighted by Gasteiger charge is 2.01. The third-order valence-electron chi connectivity index (χ3n) is 2.89. The first-order valence-corrected chi connectivity index (χ1v) is 6.64. The number of hydrogen-bond donors (Lipinski definition) is 0. The zero-order chi connectivity index (χ0) is 10.6. The number of rotatable bonds is 10. The van der Waals surface area contributed by atoms with Gasteiger partial charge in [-0.1, -0.05) is 72.1 Å². The summed E-state index contributed by atoms with van der Waals surface area (Å²) in [6.45, 7) is 6.92. The predicted octanol–water partition coefficient (Wildman–Crippen LogP) is 5.38. The van der Waals surface area contributed by atoms with Crippen molar-refractivity contribution >= 4 is 0 Å². The molecule has 14 heavy (non-hydrogen) atoms. The van der Waals surface area contributed by atoms with E-state index in [0.717, 1.165) is 5.92 Å². The summed E-state index contributed by atoms with van der Waals surface area (Å²) in [6, 6.07) is 0. The van der Waals surface area contributed by atoms with E-state index in [1.54, 1.807) is 0 Å². The van der Waals surface area contributed by atoms with Crippen molar-refractivity contribution in [1.82, 2.24) is 0 Å². The van der Waals surface area contributed by atoms with E-state index in [1.807, 2.05) is 0 Å². The van der Waals surface area contributed by atoms with Crippen LogP contribution in [-0.4, -0.2) is 0 Å². The monoisotopic (exact) mass is 197 g/mol. The third-order valence-corrected chi connectivity index (χ3v) is 2.89. The van der Waals surface area contributed by atoms with Crippen molar-refractivity contribution in [2.45, 2.75) is 78.6 Å². The molecule has 0 bridgehead atoms. The highest BCUT2D eigenvalue weighted by molar-refractivity contribution is 4.72. The van der Waals surface area contributed by atoms with Gasteiger partial charge in [0.15, 0.2) is 0 Å². The molecule has 85 valence electrons. The van der Waals surface area contributed by atoms with Crippen molar-refractivity contribution < 1.29 is 0 Å². The Hall–Kier alpha value is 0. The van der Waals surface area contributed by atoms with Gasteiger partial charge in [0.25, 0.3) is 0 Å². The summed E-state index contributed by atoms with van der Waals surface area (Å²) in [5.41, 5.74) is 0. The standard InChI is InChI=1S/C14H29/c1-4-6-8-10-12-14(3)13-11-9-7-5-2/h12,14H,4-11,13H2,1-3H3. The lowest BCUT2D eigenvalue weighted by Gasteiger charge is -2.10. The first-order valence-electron chi connectivity index (χ1n) is 6.64. The molecule has 0 aliphatic carbocycles. The highest BCUT2D eigenvalue weighted by atomic mass is 14.1. The third kappa shape index (κ3) is 10.1. The van der Waals surface area contributed by atoms with Crippen molar-refractivity contribution in [2.24, 2.45) is 5.92 Å². The Morgan fingerprint density at radius 3 is 2.14 bits per heavy atom. The Balaban J connectivity index is 3.07. The van der Waals surface area contributed by atoms with Gasteiger partial charge in [0.2, 0.25) is 0 Å². The predicted molar refractivity (Wildman–Crippen MR) is 66.4 cm³/mol. The van der Waals surface area contributed by atoms with Crippen LogP contribution in [0.25, 0.3) is 0 Å². The van der Waals surface area contributed by atoms with Crippen LogP contribution in [0.1, 0.15) is 78.6 Å². The van der Waals surface area contributed by atoms with Crippen LogP contribution in [0.4, 0.5) is 0 Å². The largest absolute Gasteiger partial charge is 0.0654 e. The minimum atomic E-state index is 0.851. The molecule has 0 amide bonds. The average Bonchev–Trinajstić information content (AvgIpc) is 2.19. The Morgan fingerprint density at radius 2 is 1.50 bits per heavy atom. The number of hydrogen-bond acceptors (Lipinski definition) is 0. The number of unbranched alkanes of at least 4 members (excludes halogenated alkanes) is 6. The molecule has 0 N–H and O–H groups in total.